The molecule has 0 saturated carbocycles. The molecule has 1 atom stereocenters. The third-order valence-corrected chi connectivity index (χ3v) is 3.78. The Labute approximate surface area is 111 Å². The second kappa shape index (κ2) is 6.21. The minimum Gasteiger partial charge on any atom is -0.377 e. The summed E-state index contributed by atoms with van der Waals surface area (Å²) in [6.07, 6.45) is 2.61. The molecule has 18 heavy (non-hydrogen) atoms. The molecule has 1 N–H and O–H groups in total. The van der Waals surface area contributed by atoms with Gasteiger partial charge in [-0.2, -0.15) is 0 Å². The Morgan fingerprint density at radius 3 is 2.83 bits per heavy atom. The van der Waals surface area contributed by atoms with Crippen LogP contribution < -0.4 is 10.2 Å². The molecule has 3 heteroatoms. The highest BCUT2D eigenvalue weighted by molar-refractivity contribution is 5.52. The van der Waals surface area contributed by atoms with Gasteiger partial charge in [-0.3, -0.25) is 4.90 Å². The van der Waals surface area contributed by atoms with Gasteiger partial charge in [0.05, 0.1) is 0 Å². The monoisotopic (exact) mass is 247 g/mol. The van der Waals surface area contributed by atoms with E-state index in [-0.39, 0.29) is 0 Å². The first-order valence-corrected chi connectivity index (χ1v) is 6.85. The van der Waals surface area contributed by atoms with Crippen LogP contribution in [-0.2, 0) is 6.54 Å². The van der Waals surface area contributed by atoms with Crippen molar-refractivity contribution in [1.29, 1.82) is 0 Å². The topological polar surface area (TPSA) is 18.5 Å². The summed E-state index contributed by atoms with van der Waals surface area (Å²) in [5.41, 5.74) is 2.77. The summed E-state index contributed by atoms with van der Waals surface area (Å²) in [5, 5.41) is 3.40. The molecule has 3 nitrogen and oxygen atoms in total. The van der Waals surface area contributed by atoms with Gasteiger partial charge in [0.15, 0.2) is 0 Å². The van der Waals surface area contributed by atoms with E-state index in [0.717, 1.165) is 13.1 Å². The number of likely N-dealkylation sites (tertiary alicyclic amines) is 1. The number of hydrogen-bond donors (Lipinski definition) is 1. The van der Waals surface area contributed by atoms with Gasteiger partial charge in [0.2, 0.25) is 0 Å². The first-order chi connectivity index (χ1) is 8.70. The lowest BCUT2D eigenvalue weighted by Gasteiger charge is -2.33. The number of hydrogen-bond acceptors (Lipinski definition) is 3. The lowest BCUT2D eigenvalue weighted by molar-refractivity contribution is 0.188. The maximum Gasteiger partial charge on any atom is 0.0406 e. The quantitative estimate of drug-likeness (QED) is 0.877. The summed E-state index contributed by atoms with van der Waals surface area (Å²) in [4.78, 5) is 4.77. The van der Waals surface area contributed by atoms with Gasteiger partial charge in [-0.25, -0.2) is 0 Å². The van der Waals surface area contributed by atoms with Crippen molar-refractivity contribution >= 4 is 5.69 Å². The minimum atomic E-state index is 0.658. The molecular formula is C15H25N3. The van der Waals surface area contributed by atoms with Gasteiger partial charge in [0.1, 0.15) is 0 Å². The van der Waals surface area contributed by atoms with Gasteiger partial charge in [-0.1, -0.05) is 18.2 Å². The highest BCUT2D eigenvalue weighted by Crippen LogP contribution is 2.21. The van der Waals surface area contributed by atoms with Gasteiger partial charge in [-0.15, -0.1) is 0 Å². The number of nitrogens with zero attached hydrogens (tertiary/aromatic N) is 2. The van der Waals surface area contributed by atoms with Crippen molar-refractivity contribution in [3.8, 4) is 0 Å². The van der Waals surface area contributed by atoms with E-state index in [9.17, 15) is 0 Å². The van der Waals surface area contributed by atoms with Crippen LogP contribution in [0.2, 0.25) is 0 Å². The van der Waals surface area contributed by atoms with Crippen molar-refractivity contribution in [2.24, 2.45) is 0 Å². The summed E-state index contributed by atoms with van der Waals surface area (Å²) in [6.45, 7) is 3.45. The highest BCUT2D eigenvalue weighted by atomic mass is 15.2. The molecule has 1 saturated heterocycles. The molecule has 0 bridgehead atoms. The average molecular weight is 247 g/mol. The maximum absolute atomic E-state index is 3.40. The van der Waals surface area contributed by atoms with Gasteiger partial charge in [-0.05, 0) is 38.1 Å². The Morgan fingerprint density at radius 1 is 1.33 bits per heavy atom. The van der Waals surface area contributed by atoms with Crippen LogP contribution in [0.25, 0.3) is 0 Å². The first kappa shape index (κ1) is 13.4. The van der Waals surface area contributed by atoms with E-state index in [2.05, 4.69) is 60.5 Å². The normalized spacial score (nSPS) is 20.9. The fourth-order valence-electron chi connectivity index (χ4n) is 2.76. The third kappa shape index (κ3) is 3.24. The van der Waals surface area contributed by atoms with Crippen LogP contribution >= 0.6 is 0 Å². The summed E-state index contributed by atoms with van der Waals surface area (Å²) >= 11 is 0. The highest BCUT2D eigenvalue weighted by Gasteiger charge is 2.19. The number of para-hydroxylation sites is 1. The number of piperidine rings is 1. The van der Waals surface area contributed by atoms with E-state index in [1.54, 1.807) is 0 Å². The predicted molar refractivity (Wildman–Crippen MR) is 78.1 cm³/mol. The average Bonchev–Trinajstić information content (AvgIpc) is 2.39. The largest absolute Gasteiger partial charge is 0.377 e. The number of likely N-dealkylation sites (N-methyl/N-ethyl adjacent to an activating group) is 1. The Hall–Kier alpha value is -1.06. The van der Waals surface area contributed by atoms with E-state index >= 15 is 0 Å². The van der Waals surface area contributed by atoms with Gasteiger partial charge >= 0.3 is 0 Å². The van der Waals surface area contributed by atoms with Crippen molar-refractivity contribution < 1.29 is 0 Å². The van der Waals surface area contributed by atoms with Crippen molar-refractivity contribution in [1.82, 2.24) is 10.2 Å². The lowest BCUT2D eigenvalue weighted by Crippen LogP contribution is -2.44. The van der Waals surface area contributed by atoms with Crippen molar-refractivity contribution in [3.05, 3.63) is 29.8 Å². The first-order valence-electron chi connectivity index (χ1n) is 6.85. The van der Waals surface area contributed by atoms with E-state index < -0.39 is 0 Å². The number of benzene rings is 1. The maximum atomic E-state index is 3.40. The second-order valence-electron chi connectivity index (χ2n) is 5.39. The molecule has 1 aliphatic heterocycles. The molecule has 1 aromatic rings. The lowest BCUT2D eigenvalue weighted by atomic mass is 10.0. The molecule has 0 aromatic heterocycles. The zero-order valence-corrected chi connectivity index (χ0v) is 11.8. The number of nitrogens with one attached hydrogen (secondary N) is 1. The van der Waals surface area contributed by atoms with Crippen LogP contribution in [0.5, 0.6) is 0 Å². The molecule has 0 amide bonds. The predicted octanol–water partition coefficient (Wildman–Crippen LogP) is 1.94. The Bertz CT molecular complexity index is 376. The van der Waals surface area contributed by atoms with Crippen LogP contribution in [-0.4, -0.2) is 45.2 Å². The van der Waals surface area contributed by atoms with Crippen molar-refractivity contribution in [3.63, 3.8) is 0 Å². The molecule has 2 rings (SSSR count). The molecule has 1 aromatic carbocycles. The van der Waals surface area contributed by atoms with Gasteiger partial charge in [0.25, 0.3) is 0 Å². The standard InChI is InChI=1S/C15H25N3/c1-16-14-8-6-10-18(12-14)11-13-7-4-5-9-15(13)17(2)3/h4-5,7,9,14,16H,6,8,10-12H2,1-3H3. The molecule has 0 spiro atoms. The SMILES string of the molecule is CNC1CCCN(Cc2ccccc2N(C)C)C1. The Balaban J connectivity index is 2.04. The third-order valence-electron chi connectivity index (χ3n) is 3.78. The van der Waals surface area contributed by atoms with Crippen LogP contribution in [0.3, 0.4) is 0 Å². The van der Waals surface area contributed by atoms with Crippen LogP contribution in [0, 0.1) is 0 Å². The van der Waals surface area contributed by atoms with E-state index in [1.165, 1.54) is 30.6 Å². The zero-order valence-electron chi connectivity index (χ0n) is 11.8. The summed E-state index contributed by atoms with van der Waals surface area (Å²) in [6, 6.07) is 9.37. The zero-order chi connectivity index (χ0) is 13.0. The van der Waals surface area contributed by atoms with Gasteiger partial charge < -0.3 is 10.2 Å². The van der Waals surface area contributed by atoms with E-state index in [1.807, 2.05) is 0 Å². The molecule has 1 fully saturated rings. The summed E-state index contributed by atoms with van der Waals surface area (Å²) < 4.78 is 0. The van der Waals surface area contributed by atoms with Crippen LogP contribution in [0.4, 0.5) is 5.69 Å². The Kier molecular flexibility index (Phi) is 4.61. The molecule has 1 aliphatic rings. The molecule has 100 valence electrons. The summed E-state index contributed by atoms with van der Waals surface area (Å²) in [7, 11) is 6.30. The smallest absolute Gasteiger partial charge is 0.0406 e. The fourth-order valence-corrected chi connectivity index (χ4v) is 2.76. The molecule has 1 unspecified atom stereocenters. The molecule has 1 heterocycles. The molecule has 0 aliphatic carbocycles. The molecular weight excluding hydrogens is 222 g/mol. The number of rotatable bonds is 4. The second-order valence-corrected chi connectivity index (χ2v) is 5.39. The van der Waals surface area contributed by atoms with Crippen LogP contribution in [0.15, 0.2) is 24.3 Å². The summed E-state index contributed by atoms with van der Waals surface area (Å²) in [5.74, 6) is 0. The minimum absolute atomic E-state index is 0.658. The van der Waals surface area contributed by atoms with Gasteiger partial charge in [0, 0.05) is 38.9 Å². The fraction of sp³-hybridized carbons (Fsp3) is 0.600. The van der Waals surface area contributed by atoms with Crippen molar-refractivity contribution in [2.75, 3.05) is 39.1 Å². The Morgan fingerprint density at radius 2 is 2.11 bits per heavy atom. The number of anilines is 1. The molecule has 0 radical (unpaired) electrons. The van der Waals surface area contributed by atoms with Crippen molar-refractivity contribution in [2.45, 2.75) is 25.4 Å². The van der Waals surface area contributed by atoms with E-state index in [0.29, 0.717) is 6.04 Å². The van der Waals surface area contributed by atoms with Crippen LogP contribution in [0.1, 0.15) is 18.4 Å². The van der Waals surface area contributed by atoms with E-state index in [4.69, 9.17) is 0 Å².